The second kappa shape index (κ2) is 21.0. The Kier molecular flexibility index (Phi) is 17.8. The molecule has 0 saturated carbocycles. The van der Waals surface area contributed by atoms with Crippen LogP contribution in [0.4, 0.5) is 5.82 Å². The number of phosphoric acid groups is 3. The van der Waals surface area contributed by atoms with Crippen LogP contribution in [0.1, 0.15) is 39.3 Å². The zero-order valence-corrected chi connectivity index (χ0v) is 34.3. The third-order valence-electron chi connectivity index (χ3n) is 7.90. The minimum absolute atomic E-state index is 0.00903. The van der Waals surface area contributed by atoms with Gasteiger partial charge in [-0.25, -0.2) is 33.4 Å². The van der Waals surface area contributed by atoms with E-state index in [0.717, 1.165) is 17.2 Å². The maximum absolute atomic E-state index is 12.7. The van der Waals surface area contributed by atoms with Crippen LogP contribution < -0.4 is 16.4 Å². The molecular weight excluding hydrogens is 883 g/mol. The standard InChI is InChI=1S/C27H42N7O21P3S/c1-27(2,20(39)23(40)30-6-5-16(37)29-7-8-59-26(43)14(36)4-3-13(35)25(41)42)10-52-58(49,50)55-57(47,48)51-9-15-19(54-56(44,45)46)18(38)24(53-15)34-12-33-17-21(28)31-11-32-22(17)34/h11-12,14-15,18-20,24,36,38-39H,3-10H2,1-2H3,(H,29,37)(H,30,40)(H,41,42)(H,47,48)(H,49,50)(H2,28,31,32)(H2,44,45,46)/t14?,15-,18-,19-,20+,24-/m1/s1. The molecular formula is C27H42N7O21P3S. The molecule has 0 spiro atoms. The minimum Gasteiger partial charge on any atom is -0.476 e. The highest BCUT2D eigenvalue weighted by molar-refractivity contribution is 8.13. The molecule has 3 unspecified atom stereocenters. The maximum Gasteiger partial charge on any atom is 0.481 e. The number of carboxylic acid groups (broad SMARTS) is 1. The summed E-state index contributed by atoms with van der Waals surface area (Å²) in [7, 11) is -16.5. The Balaban J connectivity index is 1.45. The number of carboxylic acids is 1. The number of nitrogens with two attached hydrogens (primary N) is 1. The molecule has 1 aliphatic rings. The number of ether oxygens (including phenoxy) is 1. The van der Waals surface area contributed by atoms with Crippen molar-refractivity contribution in [2.75, 3.05) is 37.8 Å². The van der Waals surface area contributed by atoms with E-state index in [2.05, 4.69) is 34.4 Å². The smallest absolute Gasteiger partial charge is 0.476 e. The van der Waals surface area contributed by atoms with E-state index >= 15 is 0 Å². The number of carbonyl (C=O) groups is 5. The number of aliphatic hydroxyl groups is 3. The van der Waals surface area contributed by atoms with Gasteiger partial charge >= 0.3 is 29.4 Å². The molecule has 2 amide bonds. The van der Waals surface area contributed by atoms with Crippen LogP contribution in [0.2, 0.25) is 0 Å². The van der Waals surface area contributed by atoms with E-state index in [0.29, 0.717) is 11.8 Å². The average molecular weight is 926 g/mol. The van der Waals surface area contributed by atoms with Crippen LogP contribution in [0.25, 0.3) is 11.2 Å². The van der Waals surface area contributed by atoms with E-state index in [-0.39, 0.29) is 48.7 Å². The Morgan fingerprint density at radius 3 is 2.31 bits per heavy atom. The number of imidazole rings is 1. The van der Waals surface area contributed by atoms with E-state index in [1.807, 2.05) is 0 Å². The second-order valence-corrected chi connectivity index (χ2v) is 18.4. The van der Waals surface area contributed by atoms with E-state index in [1.54, 1.807) is 0 Å². The zero-order chi connectivity index (χ0) is 44.5. The Labute approximate surface area is 336 Å². The van der Waals surface area contributed by atoms with Crippen molar-refractivity contribution in [1.29, 1.82) is 0 Å². The fourth-order valence-electron chi connectivity index (χ4n) is 4.87. The summed E-state index contributed by atoms with van der Waals surface area (Å²) in [4.78, 5) is 109. The number of phosphoric ester groups is 3. The normalized spacial score (nSPS) is 21.6. The first-order chi connectivity index (χ1) is 27.2. The summed E-state index contributed by atoms with van der Waals surface area (Å²) in [6.45, 7) is -0.0692. The van der Waals surface area contributed by atoms with Gasteiger partial charge in [0.15, 0.2) is 17.7 Å². The fraction of sp³-hybridized carbons (Fsp3) is 0.630. The van der Waals surface area contributed by atoms with Crippen LogP contribution in [-0.2, 0) is 60.3 Å². The molecule has 2 aromatic heterocycles. The summed E-state index contributed by atoms with van der Waals surface area (Å²) in [5.41, 5.74) is 4.14. The number of hydrogen-bond donors (Lipinski definition) is 11. The topological polar surface area (TPSA) is 438 Å². The van der Waals surface area contributed by atoms with Gasteiger partial charge in [-0.3, -0.25) is 37.3 Å². The van der Waals surface area contributed by atoms with Gasteiger partial charge < -0.3 is 61.1 Å². The van der Waals surface area contributed by atoms with E-state index in [4.69, 9.17) is 24.6 Å². The van der Waals surface area contributed by atoms with Crippen LogP contribution in [0.3, 0.4) is 0 Å². The van der Waals surface area contributed by atoms with E-state index in [1.165, 1.54) is 13.8 Å². The van der Waals surface area contributed by atoms with Crippen molar-refractivity contribution >= 4 is 80.9 Å². The Morgan fingerprint density at radius 1 is 1.00 bits per heavy atom. The lowest BCUT2D eigenvalue weighted by atomic mass is 9.87. The molecule has 28 nitrogen and oxygen atoms in total. The molecule has 1 fully saturated rings. The molecule has 59 heavy (non-hydrogen) atoms. The predicted octanol–water partition coefficient (Wildman–Crippen LogP) is -2.54. The van der Waals surface area contributed by atoms with Gasteiger partial charge in [-0.15, -0.1) is 0 Å². The number of anilines is 1. The summed E-state index contributed by atoms with van der Waals surface area (Å²) in [5.74, 6) is -4.56. The van der Waals surface area contributed by atoms with Gasteiger partial charge in [0.1, 0.15) is 42.4 Å². The van der Waals surface area contributed by atoms with Gasteiger partial charge in [-0.2, -0.15) is 4.31 Å². The number of rotatable bonds is 24. The van der Waals surface area contributed by atoms with Crippen molar-refractivity contribution in [3.05, 3.63) is 12.7 Å². The highest BCUT2D eigenvalue weighted by atomic mass is 32.2. The van der Waals surface area contributed by atoms with E-state index in [9.17, 15) is 72.6 Å². The SMILES string of the molecule is CC(C)(COP(=O)(O)OP(=O)(O)OC[C@H]1O[C@@H](n2cnc3c(N)ncnc32)[C@H](O)[C@@H]1OP(=O)(O)O)[C@@H](O)C(=O)NCCC(=O)NCCSC(=O)C(O)CCC(=O)C(=O)O. The lowest BCUT2D eigenvalue weighted by Gasteiger charge is -2.30. The van der Waals surface area contributed by atoms with Crippen molar-refractivity contribution in [2.24, 2.45) is 5.41 Å². The molecule has 1 aliphatic heterocycles. The Hall–Kier alpha value is -3.34. The molecule has 8 atom stereocenters. The number of thioether (sulfide) groups is 1. The number of fused-ring (bicyclic) bond motifs is 1. The number of nitrogens with one attached hydrogen (secondary N) is 2. The number of Topliss-reactive ketones (excluding diaryl/α,β-unsaturated/α-hetero) is 1. The molecule has 32 heteroatoms. The number of aromatic nitrogens is 4. The number of nitrogens with zero attached hydrogens (tertiary/aromatic N) is 4. The number of ketones is 1. The summed E-state index contributed by atoms with van der Waals surface area (Å²) < 4.78 is 61.9. The lowest BCUT2D eigenvalue weighted by molar-refractivity contribution is -0.149. The van der Waals surface area contributed by atoms with Crippen LogP contribution >= 0.6 is 35.2 Å². The van der Waals surface area contributed by atoms with Crippen LogP contribution in [0.15, 0.2) is 12.7 Å². The molecule has 0 aromatic carbocycles. The predicted molar refractivity (Wildman–Crippen MR) is 195 cm³/mol. The van der Waals surface area contributed by atoms with Gasteiger partial charge in [-0.05, 0) is 6.42 Å². The van der Waals surface area contributed by atoms with Crippen LogP contribution in [0.5, 0.6) is 0 Å². The number of aliphatic hydroxyl groups excluding tert-OH is 3. The number of amides is 2. The quantitative estimate of drug-likeness (QED) is 0.0293. The molecule has 3 heterocycles. The molecule has 332 valence electrons. The first-order valence-corrected chi connectivity index (χ1v) is 22.2. The van der Waals surface area contributed by atoms with Gasteiger partial charge in [0, 0.05) is 37.1 Å². The number of carbonyl (C=O) groups excluding carboxylic acids is 4. The van der Waals surface area contributed by atoms with Gasteiger partial charge in [0.25, 0.3) is 0 Å². The zero-order valence-electron chi connectivity index (χ0n) is 30.8. The fourth-order valence-corrected chi connectivity index (χ4v) is 8.42. The summed E-state index contributed by atoms with van der Waals surface area (Å²) in [6, 6.07) is 0. The number of aliphatic carboxylic acids is 1. The van der Waals surface area contributed by atoms with Gasteiger partial charge in [-0.1, -0.05) is 25.6 Å². The van der Waals surface area contributed by atoms with E-state index < -0.39 is 114 Å². The van der Waals surface area contributed by atoms with Crippen molar-refractivity contribution in [2.45, 2.75) is 69.9 Å². The highest BCUT2D eigenvalue weighted by Gasteiger charge is 2.50. The third-order valence-corrected chi connectivity index (χ3v) is 12.0. The Bertz CT molecular complexity index is 2000. The second-order valence-electron chi connectivity index (χ2n) is 13.0. The van der Waals surface area contributed by atoms with Crippen LogP contribution in [0, 0.1) is 5.41 Å². The Morgan fingerprint density at radius 2 is 1.66 bits per heavy atom. The highest BCUT2D eigenvalue weighted by Crippen LogP contribution is 2.61. The number of nitrogen functional groups attached to an aromatic ring is 1. The minimum atomic E-state index is -5.61. The molecule has 0 radical (unpaired) electrons. The molecule has 12 N–H and O–H groups in total. The molecule has 0 bridgehead atoms. The van der Waals surface area contributed by atoms with Crippen LogP contribution in [-0.4, -0.2) is 151 Å². The lowest BCUT2D eigenvalue weighted by Crippen LogP contribution is -2.46. The molecule has 2 aromatic rings. The molecule has 3 rings (SSSR count). The average Bonchev–Trinajstić information content (AvgIpc) is 3.69. The summed E-state index contributed by atoms with van der Waals surface area (Å²) in [6.07, 6.45) is -9.78. The molecule has 1 saturated heterocycles. The van der Waals surface area contributed by atoms with Gasteiger partial charge in [0.05, 0.1) is 19.5 Å². The first kappa shape index (κ1) is 50.0. The van der Waals surface area contributed by atoms with Crippen molar-refractivity contribution in [3.63, 3.8) is 0 Å². The van der Waals surface area contributed by atoms with Crippen molar-refractivity contribution < 1.29 is 100 Å². The van der Waals surface area contributed by atoms with Crippen molar-refractivity contribution in [3.8, 4) is 0 Å². The van der Waals surface area contributed by atoms with Gasteiger partial charge in [0.2, 0.25) is 22.7 Å². The van der Waals surface area contributed by atoms with Crippen molar-refractivity contribution in [1.82, 2.24) is 30.2 Å². The third kappa shape index (κ3) is 15.3. The summed E-state index contributed by atoms with van der Waals surface area (Å²) in [5, 5.41) is 43.6. The first-order valence-electron chi connectivity index (χ1n) is 16.7. The molecule has 0 aliphatic carbocycles. The number of hydrogen-bond acceptors (Lipinski definition) is 21. The monoisotopic (exact) mass is 925 g/mol. The summed E-state index contributed by atoms with van der Waals surface area (Å²) >= 11 is 0.630. The maximum atomic E-state index is 12.7. The largest absolute Gasteiger partial charge is 0.481 e.